The van der Waals surface area contributed by atoms with Crippen LogP contribution < -0.4 is 15.8 Å². The van der Waals surface area contributed by atoms with Gasteiger partial charge in [0, 0.05) is 6.42 Å². The lowest BCUT2D eigenvalue weighted by Crippen LogP contribution is -2.54. The van der Waals surface area contributed by atoms with Gasteiger partial charge in [-0.15, -0.1) is 0 Å². The van der Waals surface area contributed by atoms with E-state index in [1.54, 1.807) is 7.11 Å². The molecule has 4 aromatic carbocycles. The first kappa shape index (κ1) is 23.8. The van der Waals surface area contributed by atoms with E-state index in [0.29, 0.717) is 5.75 Å². The molecule has 0 aliphatic carbocycles. The maximum absolute atomic E-state index is 14.4. The van der Waals surface area contributed by atoms with Gasteiger partial charge in [-0.25, -0.2) is 0 Å². The van der Waals surface area contributed by atoms with Crippen LogP contribution >= 0.6 is 0 Å². The summed E-state index contributed by atoms with van der Waals surface area (Å²) < 4.78 is 5.30. The largest absolute Gasteiger partial charge is 0.497 e. The summed E-state index contributed by atoms with van der Waals surface area (Å²) in [6.07, 6.45) is 0.243. The molecule has 0 fully saturated rings. The van der Waals surface area contributed by atoms with E-state index >= 15 is 0 Å². The first-order valence-electron chi connectivity index (χ1n) is 11.5. The molecule has 0 bridgehead atoms. The second-order valence-corrected chi connectivity index (χ2v) is 8.33. The molecule has 0 saturated heterocycles. The number of carbonyl (C=O) groups is 2. The summed E-state index contributed by atoms with van der Waals surface area (Å²) in [5, 5.41) is 2.98. The van der Waals surface area contributed by atoms with Crippen molar-refractivity contribution in [2.45, 2.75) is 17.9 Å². The Bertz CT molecular complexity index is 1180. The highest BCUT2D eigenvalue weighted by Gasteiger charge is 2.44. The number of amides is 2. The maximum atomic E-state index is 14.4. The zero-order valence-electron chi connectivity index (χ0n) is 19.6. The zero-order chi connectivity index (χ0) is 24.7. The highest BCUT2D eigenvalue weighted by Crippen LogP contribution is 2.39. The number of primary amides is 1. The van der Waals surface area contributed by atoms with Gasteiger partial charge in [-0.1, -0.05) is 103 Å². The third-order valence-corrected chi connectivity index (χ3v) is 6.18. The Morgan fingerprint density at radius 2 is 1.26 bits per heavy atom. The fraction of sp³-hybridized carbons (Fsp3) is 0.133. The summed E-state index contributed by atoms with van der Waals surface area (Å²) in [5.74, 6) is -0.263. The number of rotatable bonds is 9. The number of methoxy groups -OCH3 is 1. The van der Waals surface area contributed by atoms with Crippen LogP contribution in [0.4, 0.5) is 0 Å². The Kier molecular flexibility index (Phi) is 7.27. The van der Waals surface area contributed by atoms with Gasteiger partial charge >= 0.3 is 0 Å². The van der Waals surface area contributed by atoms with Crippen molar-refractivity contribution in [3.63, 3.8) is 0 Å². The van der Waals surface area contributed by atoms with Gasteiger partial charge in [-0.3, -0.25) is 9.59 Å². The fourth-order valence-electron chi connectivity index (χ4n) is 4.48. The van der Waals surface area contributed by atoms with E-state index < -0.39 is 17.4 Å². The predicted molar refractivity (Wildman–Crippen MR) is 137 cm³/mol. The van der Waals surface area contributed by atoms with Crippen LogP contribution in [0, 0.1) is 0 Å². The van der Waals surface area contributed by atoms with E-state index in [0.717, 1.165) is 22.3 Å². The molecule has 0 unspecified atom stereocenters. The molecule has 0 saturated carbocycles. The topological polar surface area (TPSA) is 81.4 Å². The second-order valence-electron chi connectivity index (χ2n) is 8.33. The Balaban J connectivity index is 1.82. The molecule has 35 heavy (non-hydrogen) atoms. The molecule has 5 heteroatoms. The van der Waals surface area contributed by atoms with Gasteiger partial charge in [0.25, 0.3) is 0 Å². The van der Waals surface area contributed by atoms with Gasteiger partial charge < -0.3 is 15.8 Å². The molecule has 0 spiro atoms. The third kappa shape index (κ3) is 4.94. The van der Waals surface area contributed by atoms with Gasteiger partial charge in [0.05, 0.1) is 7.11 Å². The first-order chi connectivity index (χ1) is 17.1. The van der Waals surface area contributed by atoms with Gasteiger partial charge in [-0.2, -0.15) is 0 Å². The molecule has 4 rings (SSSR count). The van der Waals surface area contributed by atoms with E-state index in [9.17, 15) is 9.59 Å². The Labute approximate surface area is 205 Å². The quantitative estimate of drug-likeness (QED) is 0.364. The minimum absolute atomic E-state index is 0.243. The van der Waals surface area contributed by atoms with E-state index in [2.05, 4.69) is 5.32 Å². The van der Waals surface area contributed by atoms with Crippen molar-refractivity contribution in [3.05, 3.63) is 138 Å². The van der Waals surface area contributed by atoms with Crippen LogP contribution in [0.25, 0.3) is 0 Å². The summed E-state index contributed by atoms with van der Waals surface area (Å²) in [4.78, 5) is 26.9. The minimum atomic E-state index is -1.19. The van der Waals surface area contributed by atoms with E-state index in [4.69, 9.17) is 10.5 Å². The fourth-order valence-corrected chi connectivity index (χ4v) is 4.48. The van der Waals surface area contributed by atoms with E-state index in [1.807, 2.05) is 115 Å². The van der Waals surface area contributed by atoms with Crippen molar-refractivity contribution in [3.8, 4) is 5.75 Å². The normalized spacial score (nSPS) is 11.9. The van der Waals surface area contributed by atoms with Crippen molar-refractivity contribution >= 4 is 11.8 Å². The standard InChI is InChI=1S/C30H28N2O3/c1-35-26-19-11-12-22(20-26)21-27(28(31)33)32-29(34)30(23-13-5-2-6-14-23,24-15-7-3-8-16-24)25-17-9-4-10-18-25/h2-20,27H,21H2,1H3,(H2,31,33)(H,32,34)/t27-/m1/s1. The molecule has 5 nitrogen and oxygen atoms in total. The van der Waals surface area contributed by atoms with Crippen molar-refractivity contribution in [2.75, 3.05) is 7.11 Å². The minimum Gasteiger partial charge on any atom is -0.497 e. The van der Waals surface area contributed by atoms with E-state index in [-0.39, 0.29) is 12.3 Å². The van der Waals surface area contributed by atoms with Crippen molar-refractivity contribution < 1.29 is 14.3 Å². The molecular weight excluding hydrogens is 436 g/mol. The smallest absolute Gasteiger partial charge is 0.240 e. The highest BCUT2D eigenvalue weighted by molar-refractivity contribution is 5.98. The van der Waals surface area contributed by atoms with Crippen LogP contribution in [-0.2, 0) is 21.4 Å². The van der Waals surface area contributed by atoms with Crippen LogP contribution in [-0.4, -0.2) is 25.0 Å². The van der Waals surface area contributed by atoms with Gasteiger partial charge in [0.1, 0.15) is 17.2 Å². The van der Waals surface area contributed by atoms with Crippen LogP contribution in [0.1, 0.15) is 22.3 Å². The Morgan fingerprint density at radius 3 is 1.69 bits per heavy atom. The monoisotopic (exact) mass is 464 g/mol. The number of nitrogens with two attached hydrogens (primary N) is 1. The van der Waals surface area contributed by atoms with Crippen molar-refractivity contribution in [1.29, 1.82) is 0 Å². The van der Waals surface area contributed by atoms with E-state index in [1.165, 1.54) is 0 Å². The molecule has 3 N–H and O–H groups in total. The average Bonchev–Trinajstić information content (AvgIpc) is 2.91. The summed E-state index contributed by atoms with van der Waals surface area (Å²) in [7, 11) is 1.58. The molecular formula is C30H28N2O3. The molecule has 0 heterocycles. The second kappa shape index (κ2) is 10.7. The molecule has 0 radical (unpaired) electrons. The zero-order valence-corrected chi connectivity index (χ0v) is 19.6. The lowest BCUT2D eigenvalue weighted by molar-refractivity contribution is -0.129. The number of hydrogen-bond donors (Lipinski definition) is 2. The summed E-state index contributed by atoms with van der Waals surface area (Å²) >= 11 is 0. The van der Waals surface area contributed by atoms with Crippen molar-refractivity contribution in [1.82, 2.24) is 5.32 Å². The SMILES string of the molecule is COc1cccc(C[C@@H](NC(=O)C(c2ccccc2)(c2ccccc2)c2ccccc2)C(N)=O)c1. The number of ether oxygens (including phenoxy) is 1. The molecule has 176 valence electrons. The van der Waals surface area contributed by atoms with Crippen LogP contribution in [0.5, 0.6) is 5.75 Å². The van der Waals surface area contributed by atoms with Gasteiger partial charge in [-0.05, 0) is 34.4 Å². The highest BCUT2D eigenvalue weighted by atomic mass is 16.5. The van der Waals surface area contributed by atoms with Gasteiger partial charge in [0.2, 0.25) is 11.8 Å². The van der Waals surface area contributed by atoms with Crippen LogP contribution in [0.2, 0.25) is 0 Å². The molecule has 1 atom stereocenters. The molecule has 0 aromatic heterocycles. The molecule has 2 amide bonds. The first-order valence-corrected chi connectivity index (χ1v) is 11.5. The lowest BCUT2D eigenvalue weighted by atomic mass is 9.68. The summed E-state index contributed by atoms with van der Waals surface area (Å²) in [5.41, 5.74) is 7.79. The van der Waals surface area contributed by atoms with Crippen LogP contribution in [0.3, 0.4) is 0 Å². The Hall–Kier alpha value is -4.38. The summed E-state index contributed by atoms with van der Waals surface area (Å²) in [6, 6.07) is 35.2. The number of hydrogen-bond acceptors (Lipinski definition) is 3. The van der Waals surface area contributed by atoms with Crippen LogP contribution in [0.15, 0.2) is 115 Å². The molecule has 4 aromatic rings. The summed E-state index contributed by atoms with van der Waals surface area (Å²) in [6.45, 7) is 0. The molecule has 0 aliphatic heterocycles. The average molecular weight is 465 g/mol. The predicted octanol–water partition coefficient (Wildman–Crippen LogP) is 4.24. The Morgan fingerprint density at radius 1 is 0.771 bits per heavy atom. The van der Waals surface area contributed by atoms with Gasteiger partial charge in [0.15, 0.2) is 0 Å². The number of benzene rings is 4. The third-order valence-electron chi connectivity index (χ3n) is 6.18. The maximum Gasteiger partial charge on any atom is 0.240 e. The molecule has 0 aliphatic rings. The van der Waals surface area contributed by atoms with Crippen molar-refractivity contribution in [2.24, 2.45) is 5.73 Å². The number of nitrogens with one attached hydrogen (secondary N) is 1. The number of carbonyl (C=O) groups excluding carboxylic acids is 2. The lowest BCUT2D eigenvalue weighted by Gasteiger charge is -2.35.